The van der Waals surface area contributed by atoms with Crippen LogP contribution >= 0.6 is 11.3 Å². The number of hydrogen-bond acceptors (Lipinski definition) is 6. The Kier molecular flexibility index (Phi) is 6.93. The molecular weight excluding hydrogens is 534 g/mol. The first kappa shape index (κ1) is 26.5. The number of fused-ring (bicyclic) bond motifs is 2. The molecule has 0 saturated heterocycles. The highest BCUT2D eigenvalue weighted by Crippen LogP contribution is 2.34. The number of nitrogens with one attached hydrogen (secondary N) is 1. The maximum Gasteiger partial charge on any atom is 0.338 e. The normalized spacial score (nSPS) is 15.1. The highest BCUT2D eigenvalue weighted by molar-refractivity contribution is 7.07. The van der Waals surface area contributed by atoms with Crippen LogP contribution in [0, 0.1) is 6.92 Å². The maximum absolute atomic E-state index is 14.2. The zero-order valence-corrected chi connectivity index (χ0v) is 24.0. The van der Waals surface area contributed by atoms with E-state index in [1.165, 1.54) is 11.3 Å². The Labute approximate surface area is 240 Å². The number of carbonyl (C=O) groups excluding carboxylic acids is 1. The molecule has 0 amide bonds. The Morgan fingerprint density at radius 1 is 1.07 bits per heavy atom. The Hall–Kier alpha value is -4.69. The number of H-pyrrole nitrogens is 1. The van der Waals surface area contributed by atoms with Crippen LogP contribution in [-0.4, -0.2) is 29.2 Å². The van der Waals surface area contributed by atoms with Gasteiger partial charge in [-0.1, -0.05) is 72.0 Å². The van der Waals surface area contributed by atoms with Gasteiger partial charge in [-0.2, -0.15) is 0 Å². The monoisotopic (exact) mass is 563 g/mol. The molecule has 6 rings (SSSR count). The van der Waals surface area contributed by atoms with Gasteiger partial charge in [-0.05, 0) is 55.7 Å². The van der Waals surface area contributed by atoms with E-state index in [0.717, 1.165) is 38.9 Å². The summed E-state index contributed by atoms with van der Waals surface area (Å²) in [6, 6.07) is 22.9. The number of aryl methyl sites for hydroxylation is 1. The highest BCUT2D eigenvalue weighted by atomic mass is 32.1. The summed E-state index contributed by atoms with van der Waals surface area (Å²) in [6.07, 6.45) is 1.94. The molecule has 1 atom stereocenters. The Balaban J connectivity index is 1.62. The lowest BCUT2D eigenvalue weighted by Crippen LogP contribution is -2.39. The predicted octanol–water partition coefficient (Wildman–Crippen LogP) is 5.26. The van der Waals surface area contributed by atoms with E-state index in [1.807, 2.05) is 54.6 Å². The first-order valence-corrected chi connectivity index (χ1v) is 14.2. The number of methoxy groups -OCH3 is 1. The smallest absolute Gasteiger partial charge is 0.338 e. The van der Waals surface area contributed by atoms with Crippen LogP contribution in [0.1, 0.15) is 36.6 Å². The van der Waals surface area contributed by atoms with E-state index in [0.29, 0.717) is 26.4 Å². The maximum atomic E-state index is 14.2. The molecule has 8 heteroatoms. The van der Waals surface area contributed by atoms with Crippen molar-refractivity contribution in [1.29, 1.82) is 0 Å². The molecule has 5 aromatic rings. The third kappa shape index (κ3) is 4.60. The zero-order valence-electron chi connectivity index (χ0n) is 23.2. The molecule has 41 heavy (non-hydrogen) atoms. The average Bonchev–Trinajstić information content (AvgIpc) is 3.51. The summed E-state index contributed by atoms with van der Waals surface area (Å²) in [5, 5.41) is 1.03. The van der Waals surface area contributed by atoms with Gasteiger partial charge in [0, 0.05) is 16.5 Å². The second kappa shape index (κ2) is 10.7. The molecule has 0 spiro atoms. The summed E-state index contributed by atoms with van der Waals surface area (Å²) >= 11 is 1.31. The van der Waals surface area contributed by atoms with Gasteiger partial charge in [0.05, 0.1) is 41.3 Å². The van der Waals surface area contributed by atoms with Crippen molar-refractivity contribution in [2.24, 2.45) is 4.99 Å². The fraction of sp³-hybridized carbons (Fsp3) is 0.182. The lowest BCUT2D eigenvalue weighted by Gasteiger charge is -2.25. The van der Waals surface area contributed by atoms with Crippen molar-refractivity contribution in [3.63, 3.8) is 0 Å². The van der Waals surface area contributed by atoms with E-state index < -0.39 is 12.0 Å². The predicted molar refractivity (Wildman–Crippen MR) is 162 cm³/mol. The van der Waals surface area contributed by atoms with Crippen LogP contribution in [0.15, 0.2) is 93.9 Å². The number of allylic oxidation sites excluding steroid dienone is 1. The van der Waals surface area contributed by atoms with Gasteiger partial charge in [0.2, 0.25) is 0 Å². The Morgan fingerprint density at radius 3 is 2.61 bits per heavy atom. The topological polar surface area (TPSA) is 85.7 Å². The van der Waals surface area contributed by atoms with Crippen molar-refractivity contribution in [2.75, 3.05) is 13.7 Å². The number of benzene rings is 3. The third-order valence-corrected chi connectivity index (χ3v) is 8.33. The summed E-state index contributed by atoms with van der Waals surface area (Å²) in [7, 11) is 1.59. The summed E-state index contributed by atoms with van der Waals surface area (Å²) < 4.78 is 13.0. The van der Waals surface area contributed by atoms with Crippen molar-refractivity contribution in [1.82, 2.24) is 9.55 Å². The molecule has 0 aliphatic carbocycles. The van der Waals surface area contributed by atoms with Crippen LogP contribution < -0.4 is 19.6 Å². The van der Waals surface area contributed by atoms with Crippen molar-refractivity contribution in [3.05, 3.63) is 120 Å². The molecule has 7 nitrogen and oxygen atoms in total. The average molecular weight is 564 g/mol. The Morgan fingerprint density at radius 2 is 1.85 bits per heavy atom. The molecule has 3 heterocycles. The quantitative estimate of drug-likeness (QED) is 0.286. The standard InChI is InChI=1S/C33H29N3O4S/c1-5-40-32(38)27-20(3)34-33-36(30(27)22-14-10-15-23(17-22)39-4)31(37)26(41-33)18-25-24-16-9-11-19(2)28(24)35-29(25)21-12-7-6-8-13-21/h6-18,30,35H,5H2,1-4H3/b26-18+/t30-/m1/s1. The second-order valence-electron chi connectivity index (χ2n) is 9.86. The van der Waals surface area contributed by atoms with Crippen LogP contribution in [0.3, 0.4) is 0 Å². The van der Waals surface area contributed by atoms with E-state index in [1.54, 1.807) is 25.5 Å². The molecule has 0 saturated carbocycles. The minimum absolute atomic E-state index is 0.215. The number of hydrogen-bond donors (Lipinski definition) is 1. The van der Waals surface area contributed by atoms with Gasteiger partial charge < -0.3 is 14.5 Å². The van der Waals surface area contributed by atoms with Crippen molar-refractivity contribution in [3.8, 4) is 17.0 Å². The molecular formula is C33H29N3O4S. The molecule has 0 bridgehead atoms. The number of nitrogens with zero attached hydrogens (tertiary/aromatic N) is 2. The molecule has 206 valence electrons. The number of aromatic nitrogens is 2. The highest BCUT2D eigenvalue weighted by Gasteiger charge is 2.33. The molecule has 1 aliphatic rings. The van der Waals surface area contributed by atoms with Gasteiger partial charge in [0.25, 0.3) is 5.56 Å². The van der Waals surface area contributed by atoms with E-state index in [2.05, 4.69) is 36.2 Å². The number of esters is 1. The van der Waals surface area contributed by atoms with Crippen molar-refractivity contribution < 1.29 is 14.3 Å². The first-order chi connectivity index (χ1) is 19.9. The molecule has 3 aromatic carbocycles. The molecule has 0 fully saturated rings. The van der Waals surface area contributed by atoms with Gasteiger partial charge >= 0.3 is 5.97 Å². The van der Waals surface area contributed by atoms with Gasteiger partial charge in [-0.25, -0.2) is 9.79 Å². The Bertz CT molecular complexity index is 2010. The van der Waals surface area contributed by atoms with E-state index >= 15 is 0 Å². The molecule has 1 aliphatic heterocycles. The van der Waals surface area contributed by atoms with E-state index in [-0.39, 0.29) is 12.2 Å². The van der Waals surface area contributed by atoms with E-state index in [4.69, 9.17) is 14.5 Å². The lowest BCUT2D eigenvalue weighted by molar-refractivity contribution is -0.139. The lowest BCUT2D eigenvalue weighted by atomic mass is 9.95. The first-order valence-electron chi connectivity index (χ1n) is 13.4. The molecule has 2 aromatic heterocycles. The zero-order chi connectivity index (χ0) is 28.7. The number of thiazole rings is 1. The third-order valence-electron chi connectivity index (χ3n) is 7.35. The summed E-state index contributed by atoms with van der Waals surface area (Å²) in [6.45, 7) is 5.83. The number of aromatic amines is 1. The van der Waals surface area contributed by atoms with Crippen LogP contribution in [0.4, 0.5) is 0 Å². The molecule has 0 radical (unpaired) electrons. The minimum Gasteiger partial charge on any atom is -0.497 e. The number of para-hydroxylation sites is 1. The summed E-state index contributed by atoms with van der Waals surface area (Å²) in [5.41, 5.74) is 6.42. The fourth-order valence-electron chi connectivity index (χ4n) is 5.42. The summed E-state index contributed by atoms with van der Waals surface area (Å²) in [5.74, 6) is 0.137. The summed E-state index contributed by atoms with van der Waals surface area (Å²) in [4.78, 5) is 36.3. The molecule has 0 unspecified atom stereocenters. The SMILES string of the molecule is CCOC(=O)C1=C(C)N=c2s/c(=C/c3c(-c4ccccc4)[nH]c4c(C)cccc34)c(=O)n2[C@@H]1c1cccc(OC)c1. The van der Waals surface area contributed by atoms with E-state index in [9.17, 15) is 9.59 Å². The van der Waals surface area contributed by atoms with Gasteiger partial charge in [-0.15, -0.1) is 0 Å². The van der Waals surface area contributed by atoms with Crippen molar-refractivity contribution >= 4 is 34.3 Å². The van der Waals surface area contributed by atoms with Crippen LogP contribution in [0.2, 0.25) is 0 Å². The second-order valence-corrected chi connectivity index (χ2v) is 10.9. The largest absolute Gasteiger partial charge is 0.497 e. The van der Waals surface area contributed by atoms with Crippen LogP contribution in [0.5, 0.6) is 5.75 Å². The number of rotatable bonds is 6. The fourth-order valence-corrected chi connectivity index (χ4v) is 6.45. The van der Waals surface area contributed by atoms with Crippen LogP contribution in [-0.2, 0) is 9.53 Å². The van der Waals surface area contributed by atoms with Gasteiger partial charge in [0.15, 0.2) is 4.80 Å². The van der Waals surface area contributed by atoms with Crippen molar-refractivity contribution in [2.45, 2.75) is 26.8 Å². The molecule has 1 N–H and O–H groups in total. The minimum atomic E-state index is -0.707. The number of carbonyl (C=O) groups is 1. The van der Waals surface area contributed by atoms with Gasteiger partial charge in [-0.3, -0.25) is 9.36 Å². The van der Waals surface area contributed by atoms with Crippen LogP contribution in [0.25, 0.3) is 28.2 Å². The number of ether oxygens (including phenoxy) is 2. The van der Waals surface area contributed by atoms with Gasteiger partial charge in [0.1, 0.15) is 5.75 Å².